The summed E-state index contributed by atoms with van der Waals surface area (Å²) in [5, 5.41) is 18.5. The van der Waals surface area contributed by atoms with Crippen molar-refractivity contribution in [3.05, 3.63) is 66.8 Å². The molecule has 0 aliphatic carbocycles. The molecule has 5 heteroatoms. The highest BCUT2D eigenvalue weighted by molar-refractivity contribution is 6.16. The average Bonchev–Trinajstić information content (AvgIpc) is 3.00. The molecule has 0 saturated carbocycles. The second-order valence-electron chi connectivity index (χ2n) is 7.70. The van der Waals surface area contributed by atoms with Crippen molar-refractivity contribution in [1.82, 2.24) is 0 Å². The molecule has 156 valence electrons. The largest absolute Gasteiger partial charge is 0.392 e. The standard InChI is InChI=1S/C12H12O3.C12H18O2/c1-5-6(2)8(4)10-9(7(5)3)11(13)15-12(10)14;1-7-8(2)10(4)12(6-14)11(5-13)9(7)3/h1-4H3;13-14H,5-6H2,1-4H3. The van der Waals surface area contributed by atoms with E-state index >= 15 is 0 Å². The van der Waals surface area contributed by atoms with Gasteiger partial charge in [0.1, 0.15) is 0 Å². The van der Waals surface area contributed by atoms with E-state index in [-0.39, 0.29) is 13.2 Å². The normalized spacial score (nSPS) is 12.5. The number of ether oxygens (including phenoxy) is 1. The fourth-order valence-electron chi connectivity index (χ4n) is 3.90. The van der Waals surface area contributed by atoms with Gasteiger partial charge < -0.3 is 14.9 Å². The Balaban J connectivity index is 0.000000208. The van der Waals surface area contributed by atoms with Gasteiger partial charge in [-0.15, -0.1) is 0 Å². The Morgan fingerprint density at radius 3 is 1.07 bits per heavy atom. The second-order valence-corrected chi connectivity index (χ2v) is 7.70. The third-order valence-corrected chi connectivity index (χ3v) is 6.55. The molecular weight excluding hydrogens is 368 g/mol. The highest BCUT2D eigenvalue weighted by atomic mass is 16.6. The summed E-state index contributed by atoms with van der Waals surface area (Å²) < 4.78 is 4.63. The zero-order chi connectivity index (χ0) is 22.2. The number of benzene rings is 2. The molecule has 3 rings (SSSR count). The van der Waals surface area contributed by atoms with Crippen LogP contribution in [0.1, 0.15) is 76.4 Å². The molecule has 2 aromatic carbocycles. The molecule has 1 aliphatic rings. The highest BCUT2D eigenvalue weighted by Gasteiger charge is 2.34. The van der Waals surface area contributed by atoms with Crippen LogP contribution in [0.15, 0.2) is 0 Å². The van der Waals surface area contributed by atoms with Crippen LogP contribution < -0.4 is 0 Å². The number of carbonyl (C=O) groups excluding carboxylic acids is 2. The lowest BCUT2D eigenvalue weighted by molar-refractivity contribution is 0.0443. The van der Waals surface area contributed by atoms with Crippen molar-refractivity contribution in [2.75, 3.05) is 0 Å². The van der Waals surface area contributed by atoms with Crippen LogP contribution in [0.5, 0.6) is 0 Å². The molecule has 0 aromatic heterocycles. The molecule has 0 atom stereocenters. The third kappa shape index (κ3) is 3.72. The number of aliphatic hydroxyl groups excluding tert-OH is 2. The van der Waals surface area contributed by atoms with Crippen molar-refractivity contribution >= 4 is 11.9 Å². The van der Waals surface area contributed by atoms with Crippen LogP contribution in [0.4, 0.5) is 0 Å². The topological polar surface area (TPSA) is 83.8 Å². The minimum absolute atomic E-state index is 0.00366. The van der Waals surface area contributed by atoms with Crippen molar-refractivity contribution in [2.24, 2.45) is 0 Å². The van der Waals surface area contributed by atoms with Gasteiger partial charge in [-0.1, -0.05) is 0 Å². The number of esters is 2. The first-order valence-corrected chi connectivity index (χ1v) is 9.66. The fraction of sp³-hybridized carbons (Fsp3) is 0.417. The molecular formula is C24H30O5. The minimum Gasteiger partial charge on any atom is -0.392 e. The van der Waals surface area contributed by atoms with E-state index in [4.69, 9.17) is 0 Å². The molecule has 2 N–H and O–H groups in total. The summed E-state index contributed by atoms with van der Waals surface area (Å²) in [7, 11) is 0. The number of carbonyl (C=O) groups is 2. The Morgan fingerprint density at radius 1 is 0.517 bits per heavy atom. The zero-order valence-corrected chi connectivity index (χ0v) is 18.5. The molecule has 1 heterocycles. The number of cyclic esters (lactones) is 2. The monoisotopic (exact) mass is 398 g/mol. The van der Waals surface area contributed by atoms with E-state index in [0.717, 1.165) is 44.5 Å². The summed E-state index contributed by atoms with van der Waals surface area (Å²) in [6, 6.07) is 0. The van der Waals surface area contributed by atoms with Crippen molar-refractivity contribution in [3.8, 4) is 0 Å². The minimum atomic E-state index is -0.515. The average molecular weight is 398 g/mol. The van der Waals surface area contributed by atoms with Gasteiger partial charge in [0.05, 0.1) is 24.3 Å². The predicted molar refractivity (Wildman–Crippen MR) is 112 cm³/mol. The van der Waals surface area contributed by atoms with Crippen LogP contribution in [-0.4, -0.2) is 22.2 Å². The molecule has 0 radical (unpaired) electrons. The van der Waals surface area contributed by atoms with E-state index in [1.165, 1.54) is 11.1 Å². The van der Waals surface area contributed by atoms with Crippen LogP contribution in [0.3, 0.4) is 0 Å². The van der Waals surface area contributed by atoms with Gasteiger partial charge in [-0.25, -0.2) is 9.59 Å². The van der Waals surface area contributed by atoms with Gasteiger partial charge in [0.15, 0.2) is 0 Å². The Hall–Kier alpha value is -2.50. The van der Waals surface area contributed by atoms with E-state index in [0.29, 0.717) is 11.1 Å². The molecule has 2 aromatic rings. The first kappa shape index (κ1) is 22.8. The van der Waals surface area contributed by atoms with Gasteiger partial charge in [0.2, 0.25) is 0 Å². The van der Waals surface area contributed by atoms with Gasteiger partial charge in [-0.2, -0.15) is 0 Å². The summed E-state index contributed by atoms with van der Waals surface area (Å²) in [6.07, 6.45) is 0. The maximum atomic E-state index is 11.5. The van der Waals surface area contributed by atoms with Gasteiger partial charge in [0.25, 0.3) is 0 Å². The van der Waals surface area contributed by atoms with E-state index in [2.05, 4.69) is 18.6 Å². The van der Waals surface area contributed by atoms with Crippen LogP contribution in [0.2, 0.25) is 0 Å². The lowest BCUT2D eigenvalue weighted by Gasteiger charge is -2.18. The first-order valence-electron chi connectivity index (χ1n) is 9.66. The van der Waals surface area contributed by atoms with Gasteiger partial charge >= 0.3 is 11.9 Å². The summed E-state index contributed by atoms with van der Waals surface area (Å²) in [4.78, 5) is 22.9. The number of rotatable bonds is 2. The number of hydrogen-bond acceptors (Lipinski definition) is 5. The quantitative estimate of drug-likeness (QED) is 0.587. The molecule has 0 fully saturated rings. The van der Waals surface area contributed by atoms with Crippen LogP contribution in [-0.2, 0) is 18.0 Å². The summed E-state index contributed by atoms with van der Waals surface area (Å²) in [5.74, 6) is -1.03. The maximum Gasteiger partial charge on any atom is 0.347 e. The number of aliphatic hydroxyl groups is 2. The number of fused-ring (bicyclic) bond motifs is 1. The zero-order valence-electron chi connectivity index (χ0n) is 18.5. The first-order chi connectivity index (χ1) is 13.5. The molecule has 0 unspecified atom stereocenters. The third-order valence-electron chi connectivity index (χ3n) is 6.55. The van der Waals surface area contributed by atoms with Crippen molar-refractivity contribution in [1.29, 1.82) is 0 Å². The van der Waals surface area contributed by atoms with E-state index in [9.17, 15) is 19.8 Å². The smallest absolute Gasteiger partial charge is 0.347 e. The summed E-state index contributed by atoms with van der Waals surface area (Å²) >= 11 is 0. The molecule has 0 saturated heterocycles. The Kier molecular flexibility index (Phi) is 6.66. The molecule has 0 amide bonds. The van der Waals surface area contributed by atoms with Crippen molar-refractivity contribution in [2.45, 2.75) is 68.6 Å². The van der Waals surface area contributed by atoms with Crippen molar-refractivity contribution in [3.63, 3.8) is 0 Å². The SMILES string of the molecule is Cc1c(C)c(C)c(CO)c(CO)c1C.Cc1c(C)c(C)c2c(c1C)C(=O)OC2=O. The summed E-state index contributed by atoms with van der Waals surface area (Å²) in [6.45, 7) is 15.7. The molecule has 5 nitrogen and oxygen atoms in total. The van der Waals surface area contributed by atoms with Gasteiger partial charge in [-0.3, -0.25) is 0 Å². The lowest BCUT2D eigenvalue weighted by Crippen LogP contribution is -2.05. The Bertz CT molecular complexity index is 935. The fourth-order valence-corrected chi connectivity index (χ4v) is 3.90. The summed E-state index contributed by atoms with van der Waals surface area (Å²) in [5.41, 5.74) is 11.1. The van der Waals surface area contributed by atoms with Crippen LogP contribution in [0, 0.1) is 55.4 Å². The van der Waals surface area contributed by atoms with E-state index in [1.807, 2.05) is 41.5 Å². The van der Waals surface area contributed by atoms with Gasteiger partial charge in [-0.05, 0) is 111 Å². The maximum absolute atomic E-state index is 11.5. The second kappa shape index (κ2) is 8.47. The van der Waals surface area contributed by atoms with Crippen LogP contribution >= 0.6 is 0 Å². The van der Waals surface area contributed by atoms with Crippen LogP contribution in [0.25, 0.3) is 0 Å². The van der Waals surface area contributed by atoms with Gasteiger partial charge in [0, 0.05) is 0 Å². The van der Waals surface area contributed by atoms with Crippen molar-refractivity contribution < 1.29 is 24.5 Å². The molecule has 0 spiro atoms. The molecule has 29 heavy (non-hydrogen) atoms. The lowest BCUT2D eigenvalue weighted by atomic mass is 9.89. The Labute approximate surface area is 172 Å². The predicted octanol–water partition coefficient (Wildman–Crippen LogP) is 4.14. The van der Waals surface area contributed by atoms with E-state index in [1.54, 1.807) is 0 Å². The molecule has 1 aliphatic heterocycles. The van der Waals surface area contributed by atoms with E-state index < -0.39 is 11.9 Å². The number of hydrogen-bond donors (Lipinski definition) is 2. The molecule has 0 bridgehead atoms. The Morgan fingerprint density at radius 2 is 0.793 bits per heavy atom. The highest BCUT2D eigenvalue weighted by Crippen LogP contribution is 2.31.